The Balaban J connectivity index is 0.000000952. The monoisotopic (exact) mass is 355 g/mol. The molecule has 1 fully saturated rings. The molecule has 0 aromatic carbocycles. The van der Waals surface area contributed by atoms with Crippen molar-refractivity contribution in [2.75, 3.05) is 43.6 Å². The average molecular weight is 356 g/mol. The number of unbranched alkanes of at least 4 members (excludes halogenated alkanes) is 1. The largest absolute Gasteiger partial charge is 0.337 e. The molecule has 1 N–H and O–H groups in total. The van der Waals surface area contributed by atoms with Gasteiger partial charge in [-0.3, -0.25) is 0 Å². The Morgan fingerprint density at radius 2 is 1.83 bits per heavy atom. The maximum atomic E-state index is 4.75. The van der Waals surface area contributed by atoms with E-state index < -0.39 is 0 Å². The highest BCUT2D eigenvalue weighted by atomic mass is 32.2. The molecule has 0 aliphatic carbocycles. The van der Waals surface area contributed by atoms with Crippen LogP contribution >= 0.6 is 11.8 Å². The van der Waals surface area contributed by atoms with Gasteiger partial charge in [0.15, 0.2) is 0 Å². The van der Waals surface area contributed by atoms with Crippen molar-refractivity contribution in [1.29, 1.82) is 0 Å². The van der Waals surface area contributed by atoms with Gasteiger partial charge in [-0.1, -0.05) is 40.5 Å². The van der Waals surface area contributed by atoms with Gasteiger partial charge >= 0.3 is 0 Å². The molecule has 1 aromatic rings. The van der Waals surface area contributed by atoms with Crippen LogP contribution in [0, 0.1) is 0 Å². The second-order valence-electron chi connectivity index (χ2n) is 5.57. The first-order valence-electron chi connectivity index (χ1n) is 9.32. The molecule has 1 aliphatic rings. The fourth-order valence-electron chi connectivity index (χ4n) is 2.51. The molecule has 0 amide bonds. The molecule has 2 heterocycles. The van der Waals surface area contributed by atoms with Crippen molar-refractivity contribution in [1.82, 2.24) is 20.5 Å². The van der Waals surface area contributed by atoms with E-state index in [1.807, 2.05) is 32.6 Å². The molecular weight excluding hydrogens is 318 g/mol. The summed E-state index contributed by atoms with van der Waals surface area (Å²) in [6, 6.07) is 0. The highest BCUT2D eigenvalue weighted by Crippen LogP contribution is 2.24. The Bertz CT molecular complexity index is 397. The second-order valence-corrected chi connectivity index (χ2v) is 6.39. The highest BCUT2D eigenvalue weighted by molar-refractivity contribution is 7.97. The predicted molar refractivity (Wildman–Crippen MR) is 108 cm³/mol. The Morgan fingerprint density at radius 1 is 1.21 bits per heavy atom. The van der Waals surface area contributed by atoms with E-state index >= 15 is 0 Å². The Kier molecular flexibility index (Phi) is 15.1. The van der Waals surface area contributed by atoms with Crippen molar-refractivity contribution in [2.45, 2.75) is 59.3 Å². The third-order valence-electron chi connectivity index (χ3n) is 3.78. The molecule has 140 valence electrons. The van der Waals surface area contributed by atoms with E-state index in [0.717, 1.165) is 44.2 Å². The van der Waals surface area contributed by atoms with Gasteiger partial charge in [0.25, 0.3) is 0 Å². The van der Waals surface area contributed by atoms with E-state index in [4.69, 9.17) is 4.98 Å². The standard InChI is InChI=1S/C14H25N5.C2H6S.C2H6/c1-3-5-6-12(4-2)13-11-16-18-14(17-13)19-9-7-15-8-10-19;1-3-2;1-2/h11-12,15H,3-10H2,1-2H3;1-2H3;1-2H3. The van der Waals surface area contributed by atoms with Crippen molar-refractivity contribution in [2.24, 2.45) is 0 Å². The third kappa shape index (κ3) is 8.83. The van der Waals surface area contributed by atoms with Gasteiger partial charge in [-0.05, 0) is 25.4 Å². The summed E-state index contributed by atoms with van der Waals surface area (Å²) in [6.45, 7) is 12.4. The third-order valence-corrected chi connectivity index (χ3v) is 3.78. The molecule has 0 saturated carbocycles. The first-order valence-corrected chi connectivity index (χ1v) is 10.9. The molecule has 2 rings (SSSR count). The first-order chi connectivity index (χ1) is 11.8. The number of hydrogen-bond acceptors (Lipinski definition) is 6. The van der Waals surface area contributed by atoms with Crippen molar-refractivity contribution < 1.29 is 0 Å². The summed E-state index contributed by atoms with van der Waals surface area (Å²) in [4.78, 5) is 6.97. The number of nitrogens with zero attached hydrogens (tertiary/aromatic N) is 4. The molecule has 0 radical (unpaired) electrons. The summed E-state index contributed by atoms with van der Waals surface area (Å²) < 4.78 is 0. The van der Waals surface area contributed by atoms with Crippen LogP contribution in [0.2, 0.25) is 0 Å². The van der Waals surface area contributed by atoms with E-state index in [1.54, 1.807) is 11.8 Å². The van der Waals surface area contributed by atoms with Crippen LogP contribution in [0.25, 0.3) is 0 Å². The Labute approximate surface area is 153 Å². The van der Waals surface area contributed by atoms with Gasteiger partial charge in [-0.25, -0.2) is 4.98 Å². The van der Waals surface area contributed by atoms with Gasteiger partial charge in [0.2, 0.25) is 5.95 Å². The summed E-state index contributed by atoms with van der Waals surface area (Å²) in [5.74, 6) is 1.33. The quantitative estimate of drug-likeness (QED) is 0.833. The number of rotatable bonds is 6. The minimum absolute atomic E-state index is 0.525. The van der Waals surface area contributed by atoms with Crippen molar-refractivity contribution in [3.05, 3.63) is 11.9 Å². The van der Waals surface area contributed by atoms with Gasteiger partial charge in [-0.15, -0.1) is 5.10 Å². The smallest absolute Gasteiger partial charge is 0.245 e. The second kappa shape index (κ2) is 15.6. The molecule has 1 aromatic heterocycles. The molecule has 1 unspecified atom stereocenters. The van der Waals surface area contributed by atoms with Crippen LogP contribution < -0.4 is 10.2 Å². The minimum atomic E-state index is 0.525. The minimum Gasteiger partial charge on any atom is -0.337 e. The number of hydrogen-bond donors (Lipinski definition) is 1. The number of aromatic nitrogens is 3. The first kappa shape index (κ1) is 23.1. The van der Waals surface area contributed by atoms with Gasteiger partial charge in [0.1, 0.15) is 0 Å². The number of thioether (sulfide) groups is 1. The van der Waals surface area contributed by atoms with Crippen LogP contribution in [-0.4, -0.2) is 53.9 Å². The molecular formula is C18H37N5S. The molecule has 0 bridgehead atoms. The van der Waals surface area contributed by atoms with Crippen LogP contribution in [0.5, 0.6) is 0 Å². The topological polar surface area (TPSA) is 53.9 Å². The molecule has 1 aliphatic heterocycles. The lowest BCUT2D eigenvalue weighted by atomic mass is 9.96. The zero-order valence-corrected chi connectivity index (χ0v) is 17.3. The lowest BCUT2D eigenvalue weighted by Gasteiger charge is -2.27. The lowest BCUT2D eigenvalue weighted by molar-refractivity contribution is 0.543. The number of anilines is 1. The molecule has 1 saturated heterocycles. The number of nitrogens with one attached hydrogen (secondary N) is 1. The predicted octanol–water partition coefficient (Wildman–Crippen LogP) is 3.97. The van der Waals surface area contributed by atoms with Gasteiger partial charge in [0, 0.05) is 32.1 Å². The van der Waals surface area contributed by atoms with Crippen LogP contribution in [0.1, 0.15) is 65.0 Å². The van der Waals surface area contributed by atoms with Gasteiger partial charge in [-0.2, -0.15) is 16.9 Å². The Hall–Kier alpha value is -0.880. The van der Waals surface area contributed by atoms with E-state index in [0.29, 0.717) is 5.92 Å². The normalized spacial score (nSPS) is 14.8. The summed E-state index contributed by atoms with van der Waals surface area (Å²) in [5.41, 5.74) is 1.11. The van der Waals surface area contributed by atoms with Crippen LogP contribution in [0.15, 0.2) is 6.20 Å². The van der Waals surface area contributed by atoms with Crippen molar-refractivity contribution in [3.63, 3.8) is 0 Å². The van der Waals surface area contributed by atoms with Gasteiger partial charge < -0.3 is 10.2 Å². The van der Waals surface area contributed by atoms with E-state index in [2.05, 4.69) is 34.3 Å². The van der Waals surface area contributed by atoms with E-state index in [1.165, 1.54) is 19.3 Å². The van der Waals surface area contributed by atoms with Gasteiger partial charge in [0.05, 0.1) is 11.9 Å². The number of piperazine rings is 1. The van der Waals surface area contributed by atoms with E-state index in [9.17, 15) is 0 Å². The summed E-state index contributed by atoms with van der Waals surface area (Å²) in [6.07, 6.45) is 10.7. The fraction of sp³-hybridized carbons (Fsp3) is 0.833. The average Bonchev–Trinajstić information content (AvgIpc) is 2.66. The molecule has 24 heavy (non-hydrogen) atoms. The zero-order chi connectivity index (χ0) is 18.2. The Morgan fingerprint density at radius 3 is 2.38 bits per heavy atom. The maximum Gasteiger partial charge on any atom is 0.245 e. The highest BCUT2D eigenvalue weighted by Gasteiger charge is 2.17. The van der Waals surface area contributed by atoms with Crippen LogP contribution in [0.3, 0.4) is 0 Å². The van der Waals surface area contributed by atoms with Crippen LogP contribution in [0.4, 0.5) is 5.95 Å². The molecule has 1 atom stereocenters. The van der Waals surface area contributed by atoms with Crippen molar-refractivity contribution in [3.8, 4) is 0 Å². The lowest BCUT2D eigenvalue weighted by Crippen LogP contribution is -2.44. The fourth-order valence-corrected chi connectivity index (χ4v) is 2.51. The summed E-state index contributed by atoms with van der Waals surface area (Å²) in [7, 11) is 0. The maximum absolute atomic E-state index is 4.75. The van der Waals surface area contributed by atoms with Crippen LogP contribution in [-0.2, 0) is 0 Å². The molecule has 0 spiro atoms. The zero-order valence-electron chi connectivity index (χ0n) is 16.5. The molecule has 5 nitrogen and oxygen atoms in total. The molecule has 6 heteroatoms. The van der Waals surface area contributed by atoms with E-state index in [-0.39, 0.29) is 0 Å². The summed E-state index contributed by atoms with van der Waals surface area (Å²) in [5, 5.41) is 11.7. The SMILES string of the molecule is CC.CCCCC(CC)c1cnnc(N2CCNCC2)n1.CSC. The van der Waals surface area contributed by atoms with Crippen molar-refractivity contribution >= 4 is 17.7 Å². The summed E-state index contributed by atoms with van der Waals surface area (Å²) >= 11 is 1.75.